The smallest absolute Gasteiger partial charge is 0.310 e. The summed E-state index contributed by atoms with van der Waals surface area (Å²) in [6, 6.07) is 0. The van der Waals surface area contributed by atoms with Crippen molar-refractivity contribution in [2.45, 2.75) is 136 Å². The molecule has 0 amide bonds. The molecule has 0 aromatic heterocycles. The van der Waals surface area contributed by atoms with Gasteiger partial charge in [-0.05, 0) is 104 Å². The summed E-state index contributed by atoms with van der Waals surface area (Å²) in [5.41, 5.74) is 0.232. The summed E-state index contributed by atoms with van der Waals surface area (Å²) in [6.45, 7) is 13.9. The molecule has 8 nitrogen and oxygen atoms in total. The molecular weight excluding hydrogens is 548 g/mol. The SMILES string of the molecule is CC1(C)CC[C@]2(C(=O)O)CC[C@]3(C)C(=CC[C@@H]4[C@@]5(C)CC[C@H](O[C@@H]6OC[C@H](O)[C@H](O)[C@H]6O)[C@@](C)(CO)[C@H]5CC[C@]43C)[C@@H]2C1. The molecule has 0 bridgehead atoms. The number of carboxylic acid groups (broad SMARTS) is 1. The highest BCUT2D eigenvalue weighted by Gasteiger charge is 2.70. The van der Waals surface area contributed by atoms with Crippen molar-refractivity contribution in [1.29, 1.82) is 0 Å². The third-order valence-electron chi connectivity index (χ3n) is 14.9. The molecule has 4 saturated carbocycles. The van der Waals surface area contributed by atoms with E-state index in [-0.39, 0.29) is 52.8 Å². The highest BCUT2D eigenvalue weighted by Crippen LogP contribution is 2.76. The number of aliphatic carboxylic acids is 1. The summed E-state index contributed by atoms with van der Waals surface area (Å²) in [5.74, 6) is 0.0529. The second-order valence-corrected chi connectivity index (χ2v) is 17.3. The Bertz CT molecular complexity index is 1150. The Kier molecular flexibility index (Phi) is 7.60. The molecule has 0 radical (unpaired) electrons. The number of hydrogen-bond donors (Lipinski definition) is 5. The number of rotatable bonds is 4. The van der Waals surface area contributed by atoms with Crippen molar-refractivity contribution in [3.05, 3.63) is 11.6 Å². The van der Waals surface area contributed by atoms with Gasteiger partial charge in [-0.25, -0.2) is 0 Å². The lowest BCUT2D eigenvalue weighted by Crippen LogP contribution is -2.66. The quantitative estimate of drug-likeness (QED) is 0.231. The van der Waals surface area contributed by atoms with E-state index in [4.69, 9.17) is 9.47 Å². The standard InChI is InChI=1S/C35H56O8/c1-30(2)13-15-35(29(40)41)16-14-33(5)20(21(35)17-30)7-8-24-31(3)11-10-25(43-28-27(39)26(38)22(37)18-42-28)32(4,19-36)23(31)9-12-34(24,33)6/h7,21-28,36-39H,8-19H2,1-6H3,(H,40,41)/t21-,22-,23-,24+,25-,26-,27+,28-,31-,32-,33+,34+,35-/m0/s1. The zero-order valence-electron chi connectivity index (χ0n) is 27.1. The Labute approximate surface area is 257 Å². The predicted octanol–water partition coefficient (Wildman–Crippen LogP) is 4.67. The molecule has 1 heterocycles. The molecule has 5 fully saturated rings. The summed E-state index contributed by atoms with van der Waals surface area (Å²) in [6.07, 6.45) is 6.03. The molecule has 1 saturated heterocycles. The van der Waals surface area contributed by atoms with E-state index in [1.54, 1.807) is 0 Å². The Morgan fingerprint density at radius 3 is 2.30 bits per heavy atom. The van der Waals surface area contributed by atoms with Crippen LogP contribution in [0.3, 0.4) is 0 Å². The first-order valence-electron chi connectivity index (χ1n) is 16.9. The Morgan fingerprint density at radius 1 is 0.930 bits per heavy atom. The maximum absolute atomic E-state index is 12.9. The van der Waals surface area contributed by atoms with Crippen molar-refractivity contribution >= 4 is 5.97 Å². The van der Waals surface area contributed by atoms with Gasteiger partial charge in [0.2, 0.25) is 0 Å². The second kappa shape index (κ2) is 10.2. The van der Waals surface area contributed by atoms with Crippen LogP contribution in [0, 0.1) is 50.2 Å². The van der Waals surface area contributed by atoms with Crippen LogP contribution in [0.15, 0.2) is 11.6 Å². The fraction of sp³-hybridized carbons (Fsp3) is 0.914. The molecule has 0 aromatic rings. The summed E-state index contributed by atoms with van der Waals surface area (Å²) >= 11 is 0. The first-order valence-corrected chi connectivity index (χ1v) is 16.9. The zero-order valence-corrected chi connectivity index (χ0v) is 27.1. The van der Waals surface area contributed by atoms with Crippen molar-refractivity contribution in [1.82, 2.24) is 0 Å². The van der Waals surface area contributed by atoms with Gasteiger partial charge in [-0.15, -0.1) is 0 Å². The summed E-state index contributed by atoms with van der Waals surface area (Å²) < 4.78 is 12.0. The summed E-state index contributed by atoms with van der Waals surface area (Å²) in [4.78, 5) is 12.9. The average Bonchev–Trinajstić information content (AvgIpc) is 2.94. The second-order valence-electron chi connectivity index (χ2n) is 17.3. The first kappa shape index (κ1) is 31.9. The van der Waals surface area contributed by atoms with E-state index in [1.165, 1.54) is 5.57 Å². The van der Waals surface area contributed by atoms with Crippen LogP contribution in [0.1, 0.15) is 106 Å². The van der Waals surface area contributed by atoms with E-state index in [0.717, 1.165) is 57.8 Å². The molecule has 8 heteroatoms. The lowest BCUT2D eigenvalue weighted by Gasteiger charge is -2.71. The van der Waals surface area contributed by atoms with Crippen molar-refractivity contribution in [2.24, 2.45) is 50.2 Å². The number of carboxylic acids is 1. The molecule has 0 aromatic carbocycles. The molecule has 13 atom stereocenters. The van der Waals surface area contributed by atoms with Gasteiger partial charge in [-0.2, -0.15) is 0 Å². The van der Waals surface area contributed by atoms with Crippen LogP contribution in [-0.2, 0) is 14.3 Å². The zero-order chi connectivity index (χ0) is 31.4. The monoisotopic (exact) mass is 604 g/mol. The summed E-state index contributed by atoms with van der Waals surface area (Å²) in [7, 11) is 0. The molecular formula is C35H56O8. The van der Waals surface area contributed by atoms with Gasteiger partial charge in [0, 0.05) is 5.41 Å². The lowest BCUT2D eigenvalue weighted by molar-refractivity contribution is -0.312. The largest absolute Gasteiger partial charge is 0.481 e. The van der Waals surface area contributed by atoms with Gasteiger partial charge in [0.1, 0.15) is 18.3 Å². The van der Waals surface area contributed by atoms with E-state index >= 15 is 0 Å². The maximum atomic E-state index is 12.9. The Balaban J connectivity index is 1.32. The van der Waals surface area contributed by atoms with Gasteiger partial charge in [-0.1, -0.05) is 53.2 Å². The molecule has 1 aliphatic heterocycles. The number of ether oxygens (including phenoxy) is 2. The number of carbonyl (C=O) groups is 1. The Hall–Kier alpha value is -1.03. The summed E-state index contributed by atoms with van der Waals surface area (Å²) in [5, 5.41) is 52.3. The van der Waals surface area contributed by atoms with Gasteiger partial charge in [-0.3, -0.25) is 4.79 Å². The number of aliphatic hydroxyl groups is 4. The molecule has 244 valence electrons. The van der Waals surface area contributed by atoms with Crippen LogP contribution in [0.5, 0.6) is 0 Å². The molecule has 0 spiro atoms. The molecule has 5 aliphatic carbocycles. The van der Waals surface area contributed by atoms with E-state index < -0.39 is 41.4 Å². The normalized spacial score (nSPS) is 54.3. The average molecular weight is 605 g/mol. The van der Waals surface area contributed by atoms with Crippen molar-refractivity contribution in [2.75, 3.05) is 13.2 Å². The Morgan fingerprint density at radius 2 is 1.63 bits per heavy atom. The van der Waals surface area contributed by atoms with Gasteiger partial charge in [0.05, 0.1) is 24.7 Å². The van der Waals surface area contributed by atoms with Crippen LogP contribution >= 0.6 is 0 Å². The fourth-order valence-electron chi connectivity index (χ4n) is 11.9. The van der Waals surface area contributed by atoms with E-state index in [9.17, 15) is 30.3 Å². The van der Waals surface area contributed by atoms with Gasteiger partial charge in [0.15, 0.2) is 6.29 Å². The van der Waals surface area contributed by atoms with Gasteiger partial charge in [0.25, 0.3) is 0 Å². The number of aliphatic hydroxyl groups excluding tert-OH is 4. The van der Waals surface area contributed by atoms with Gasteiger partial charge < -0.3 is 35.0 Å². The number of fused-ring (bicyclic) bond motifs is 7. The minimum absolute atomic E-state index is 0.0154. The van der Waals surface area contributed by atoms with Crippen molar-refractivity contribution in [3.63, 3.8) is 0 Å². The molecule has 0 unspecified atom stereocenters. The van der Waals surface area contributed by atoms with E-state index in [2.05, 4.69) is 47.6 Å². The maximum Gasteiger partial charge on any atom is 0.310 e. The first-order chi connectivity index (χ1) is 20.0. The van der Waals surface area contributed by atoms with Gasteiger partial charge >= 0.3 is 5.97 Å². The molecule has 6 rings (SSSR count). The van der Waals surface area contributed by atoms with Crippen molar-refractivity contribution in [3.8, 4) is 0 Å². The number of allylic oxidation sites excluding steroid dienone is 2. The minimum atomic E-state index is -1.36. The fourth-order valence-corrected chi connectivity index (χ4v) is 11.9. The topological polar surface area (TPSA) is 137 Å². The van der Waals surface area contributed by atoms with Crippen LogP contribution in [0.25, 0.3) is 0 Å². The highest BCUT2D eigenvalue weighted by atomic mass is 16.7. The van der Waals surface area contributed by atoms with Crippen LogP contribution in [-0.4, -0.2) is 75.4 Å². The van der Waals surface area contributed by atoms with Crippen LogP contribution < -0.4 is 0 Å². The minimum Gasteiger partial charge on any atom is -0.481 e. The highest BCUT2D eigenvalue weighted by molar-refractivity contribution is 5.76. The molecule has 5 N–H and O–H groups in total. The number of hydrogen-bond acceptors (Lipinski definition) is 7. The molecule has 6 aliphatic rings. The lowest BCUT2D eigenvalue weighted by atomic mass is 9.33. The third-order valence-corrected chi connectivity index (χ3v) is 14.9. The van der Waals surface area contributed by atoms with Crippen LogP contribution in [0.4, 0.5) is 0 Å². The predicted molar refractivity (Wildman–Crippen MR) is 161 cm³/mol. The van der Waals surface area contributed by atoms with Crippen LogP contribution in [0.2, 0.25) is 0 Å². The van der Waals surface area contributed by atoms with E-state index in [0.29, 0.717) is 12.3 Å². The third kappa shape index (κ3) is 4.32. The van der Waals surface area contributed by atoms with E-state index in [1.807, 2.05) is 0 Å². The van der Waals surface area contributed by atoms with Crippen molar-refractivity contribution < 1.29 is 39.8 Å². The molecule has 43 heavy (non-hydrogen) atoms.